The molecule has 0 saturated carbocycles. The molecule has 1 aliphatic rings. The van der Waals surface area contributed by atoms with Crippen LogP contribution in [-0.2, 0) is 6.54 Å². The molecule has 2 atom stereocenters. The van der Waals surface area contributed by atoms with Gasteiger partial charge in [0, 0.05) is 12.1 Å². The minimum atomic E-state index is -0.752. The van der Waals surface area contributed by atoms with Crippen molar-refractivity contribution in [2.45, 2.75) is 18.7 Å². The number of ether oxygens (including phenoxy) is 1. The lowest BCUT2D eigenvalue weighted by molar-refractivity contribution is 0.0100. The van der Waals surface area contributed by atoms with Crippen molar-refractivity contribution in [2.24, 2.45) is 0 Å². The van der Waals surface area contributed by atoms with Crippen molar-refractivity contribution < 1.29 is 14.2 Å². The first-order valence-corrected chi connectivity index (χ1v) is 7.00. The maximum atomic E-state index is 13.7. The van der Waals surface area contributed by atoms with E-state index < -0.39 is 11.9 Å². The number of aliphatic hydroxyl groups excluding tert-OH is 1. The molecule has 3 nitrogen and oxygen atoms in total. The molecule has 110 valence electrons. The molecule has 2 aromatic rings. The third kappa shape index (κ3) is 2.77. The highest BCUT2D eigenvalue weighted by Gasteiger charge is 2.33. The maximum absolute atomic E-state index is 13.7. The minimum absolute atomic E-state index is 0.175. The van der Waals surface area contributed by atoms with E-state index in [-0.39, 0.29) is 18.4 Å². The lowest BCUT2D eigenvalue weighted by Crippen LogP contribution is -2.43. The summed E-state index contributed by atoms with van der Waals surface area (Å²) in [5.41, 5.74) is 1.68. The molecule has 0 aromatic heterocycles. The third-order valence-electron chi connectivity index (χ3n) is 3.92. The summed E-state index contributed by atoms with van der Waals surface area (Å²) in [6, 6.07) is 14.5. The van der Waals surface area contributed by atoms with E-state index in [4.69, 9.17) is 4.74 Å². The van der Waals surface area contributed by atoms with Crippen LogP contribution >= 0.6 is 0 Å². The average molecular weight is 287 g/mol. The van der Waals surface area contributed by atoms with Gasteiger partial charge in [-0.25, -0.2) is 4.39 Å². The van der Waals surface area contributed by atoms with E-state index in [1.54, 1.807) is 12.1 Å². The van der Waals surface area contributed by atoms with Crippen molar-refractivity contribution in [1.29, 1.82) is 0 Å². The Morgan fingerprint density at radius 1 is 1.19 bits per heavy atom. The SMILES string of the molecule is CN(Cc1ccccc1)C1COc2c(F)cccc2C1O. The van der Waals surface area contributed by atoms with Crippen LogP contribution in [0.2, 0.25) is 0 Å². The van der Waals surface area contributed by atoms with E-state index in [0.717, 1.165) is 5.56 Å². The Balaban J connectivity index is 1.78. The van der Waals surface area contributed by atoms with Gasteiger partial charge in [-0.15, -0.1) is 0 Å². The van der Waals surface area contributed by atoms with Gasteiger partial charge in [0.1, 0.15) is 12.7 Å². The summed E-state index contributed by atoms with van der Waals surface area (Å²) in [4.78, 5) is 2.04. The number of benzene rings is 2. The zero-order valence-electron chi connectivity index (χ0n) is 11.9. The first-order chi connectivity index (χ1) is 10.2. The van der Waals surface area contributed by atoms with Gasteiger partial charge in [0.15, 0.2) is 11.6 Å². The zero-order chi connectivity index (χ0) is 14.8. The van der Waals surface area contributed by atoms with E-state index in [9.17, 15) is 9.50 Å². The second-order valence-corrected chi connectivity index (χ2v) is 5.38. The number of hydrogen-bond acceptors (Lipinski definition) is 3. The van der Waals surface area contributed by atoms with Gasteiger partial charge in [-0.2, -0.15) is 0 Å². The summed E-state index contributed by atoms with van der Waals surface area (Å²) in [6.07, 6.45) is -0.752. The van der Waals surface area contributed by atoms with E-state index in [2.05, 4.69) is 0 Å². The Bertz CT molecular complexity index is 617. The van der Waals surface area contributed by atoms with Gasteiger partial charge in [0.2, 0.25) is 0 Å². The Morgan fingerprint density at radius 3 is 2.71 bits per heavy atom. The first kappa shape index (κ1) is 14.0. The number of fused-ring (bicyclic) bond motifs is 1. The van der Waals surface area contributed by atoms with Gasteiger partial charge in [0.05, 0.1) is 6.04 Å². The summed E-state index contributed by atoms with van der Waals surface area (Å²) in [6.45, 7) is 0.981. The van der Waals surface area contributed by atoms with Crippen molar-refractivity contribution in [3.63, 3.8) is 0 Å². The molecular weight excluding hydrogens is 269 g/mol. The third-order valence-corrected chi connectivity index (χ3v) is 3.92. The van der Waals surface area contributed by atoms with Crippen molar-refractivity contribution >= 4 is 0 Å². The van der Waals surface area contributed by atoms with Crippen LogP contribution in [0.25, 0.3) is 0 Å². The number of hydrogen-bond donors (Lipinski definition) is 1. The molecule has 2 unspecified atom stereocenters. The summed E-state index contributed by atoms with van der Waals surface area (Å²) >= 11 is 0. The fourth-order valence-electron chi connectivity index (χ4n) is 2.73. The highest BCUT2D eigenvalue weighted by molar-refractivity contribution is 5.39. The molecule has 2 aromatic carbocycles. The molecule has 0 spiro atoms. The van der Waals surface area contributed by atoms with Crippen LogP contribution in [0.1, 0.15) is 17.2 Å². The summed E-state index contributed by atoms with van der Waals surface area (Å²) < 4.78 is 19.2. The molecule has 0 fully saturated rings. The van der Waals surface area contributed by atoms with Gasteiger partial charge in [-0.05, 0) is 18.7 Å². The Morgan fingerprint density at radius 2 is 1.95 bits per heavy atom. The van der Waals surface area contributed by atoms with Crippen LogP contribution in [0.3, 0.4) is 0 Å². The predicted molar refractivity (Wildman–Crippen MR) is 78.6 cm³/mol. The number of likely N-dealkylation sites (N-methyl/N-ethyl adjacent to an activating group) is 1. The monoisotopic (exact) mass is 287 g/mol. The van der Waals surface area contributed by atoms with E-state index in [1.807, 2.05) is 42.3 Å². The number of nitrogens with zero attached hydrogens (tertiary/aromatic N) is 1. The van der Waals surface area contributed by atoms with Crippen LogP contribution in [0, 0.1) is 5.82 Å². The van der Waals surface area contributed by atoms with E-state index >= 15 is 0 Å². The van der Waals surface area contributed by atoms with E-state index in [1.165, 1.54) is 6.07 Å². The molecule has 0 aliphatic carbocycles. The van der Waals surface area contributed by atoms with Crippen LogP contribution < -0.4 is 4.74 Å². The number of aliphatic hydroxyl groups is 1. The standard InChI is InChI=1S/C17H18FNO2/c1-19(10-12-6-3-2-4-7-12)15-11-21-17-13(16(15)20)8-5-9-14(17)18/h2-9,15-16,20H,10-11H2,1H3. The Kier molecular flexibility index (Phi) is 3.90. The van der Waals surface area contributed by atoms with Gasteiger partial charge in [-0.3, -0.25) is 4.90 Å². The molecule has 0 amide bonds. The van der Waals surface area contributed by atoms with Gasteiger partial charge < -0.3 is 9.84 Å². The second-order valence-electron chi connectivity index (χ2n) is 5.38. The molecule has 1 heterocycles. The number of para-hydroxylation sites is 1. The fourth-order valence-corrected chi connectivity index (χ4v) is 2.73. The van der Waals surface area contributed by atoms with Gasteiger partial charge in [0.25, 0.3) is 0 Å². The molecule has 4 heteroatoms. The quantitative estimate of drug-likeness (QED) is 0.942. The molecular formula is C17H18FNO2. The highest BCUT2D eigenvalue weighted by atomic mass is 19.1. The second kappa shape index (κ2) is 5.84. The van der Waals surface area contributed by atoms with Crippen LogP contribution in [0.4, 0.5) is 4.39 Å². The largest absolute Gasteiger partial charge is 0.488 e. The van der Waals surface area contributed by atoms with Crippen molar-refractivity contribution in [1.82, 2.24) is 4.90 Å². The highest BCUT2D eigenvalue weighted by Crippen LogP contribution is 2.35. The van der Waals surface area contributed by atoms with Gasteiger partial charge in [-0.1, -0.05) is 42.5 Å². The van der Waals surface area contributed by atoms with Crippen LogP contribution in [0.15, 0.2) is 48.5 Å². The molecule has 0 radical (unpaired) electrons. The Labute approximate surface area is 123 Å². The smallest absolute Gasteiger partial charge is 0.165 e. The lowest BCUT2D eigenvalue weighted by Gasteiger charge is -2.36. The average Bonchev–Trinajstić information content (AvgIpc) is 2.49. The molecule has 0 saturated heterocycles. The van der Waals surface area contributed by atoms with Crippen LogP contribution in [-0.4, -0.2) is 29.7 Å². The van der Waals surface area contributed by atoms with Crippen molar-refractivity contribution in [3.8, 4) is 5.75 Å². The molecule has 1 aliphatic heterocycles. The predicted octanol–water partition coefficient (Wildman–Crippen LogP) is 2.75. The maximum Gasteiger partial charge on any atom is 0.165 e. The topological polar surface area (TPSA) is 32.7 Å². The summed E-state index contributed by atoms with van der Waals surface area (Å²) in [5.74, 6) is -0.245. The Hall–Kier alpha value is -1.91. The zero-order valence-corrected chi connectivity index (χ0v) is 11.9. The molecule has 0 bridgehead atoms. The minimum Gasteiger partial charge on any atom is -0.488 e. The first-order valence-electron chi connectivity index (χ1n) is 7.00. The summed E-state index contributed by atoms with van der Waals surface area (Å²) in [7, 11) is 1.94. The fraction of sp³-hybridized carbons (Fsp3) is 0.294. The van der Waals surface area contributed by atoms with Crippen molar-refractivity contribution in [3.05, 3.63) is 65.5 Å². The lowest BCUT2D eigenvalue weighted by atomic mass is 9.97. The summed E-state index contributed by atoms with van der Waals surface area (Å²) in [5, 5.41) is 10.5. The molecule has 21 heavy (non-hydrogen) atoms. The van der Waals surface area contributed by atoms with Crippen LogP contribution in [0.5, 0.6) is 5.75 Å². The van der Waals surface area contributed by atoms with Crippen molar-refractivity contribution in [2.75, 3.05) is 13.7 Å². The number of rotatable bonds is 3. The molecule has 3 rings (SSSR count). The van der Waals surface area contributed by atoms with E-state index in [0.29, 0.717) is 12.1 Å². The normalized spacial score (nSPS) is 21.0. The number of halogens is 1. The van der Waals surface area contributed by atoms with Gasteiger partial charge >= 0.3 is 0 Å². The molecule has 1 N–H and O–H groups in total.